The molecule has 1 rings (SSSR count). The van der Waals surface area contributed by atoms with Crippen molar-refractivity contribution in [3.8, 4) is 0 Å². The Hall–Kier alpha value is -1.59. The summed E-state index contributed by atoms with van der Waals surface area (Å²) in [6, 6.07) is 5.24. The summed E-state index contributed by atoms with van der Waals surface area (Å²) >= 11 is 5.96. The Bertz CT molecular complexity index is 477. The minimum atomic E-state index is -0.951. The van der Waals surface area contributed by atoms with Crippen LogP contribution >= 0.6 is 11.6 Å². The van der Waals surface area contributed by atoms with Crippen LogP contribution in [0.5, 0.6) is 0 Å². The molecule has 0 bridgehead atoms. The first kappa shape index (κ1) is 15.5. The van der Waals surface area contributed by atoms with Gasteiger partial charge in [0.1, 0.15) is 0 Å². The molecule has 0 atom stereocenters. The van der Waals surface area contributed by atoms with E-state index in [1.165, 1.54) is 4.90 Å². The van der Waals surface area contributed by atoms with Gasteiger partial charge in [0, 0.05) is 10.7 Å². The number of carboxylic acids is 1. The third kappa shape index (κ3) is 5.28. The van der Waals surface area contributed by atoms with Gasteiger partial charge in [0.2, 0.25) is 5.91 Å². The van der Waals surface area contributed by atoms with E-state index in [1.54, 1.807) is 19.1 Å². The van der Waals surface area contributed by atoms with Crippen LogP contribution in [0.4, 0.5) is 5.69 Å². The van der Waals surface area contributed by atoms with E-state index < -0.39 is 5.97 Å². The predicted octanol–water partition coefficient (Wildman–Crippen LogP) is 1.99. The summed E-state index contributed by atoms with van der Waals surface area (Å²) in [5.74, 6) is -1.21. The van der Waals surface area contributed by atoms with Crippen LogP contribution in [-0.4, -0.2) is 41.5 Å². The standard InChI is InChI=1S/C13H17ClN2O3/c1-3-16(8-13(18)19)7-12(17)15-10-5-4-9(2)11(14)6-10/h4-6H,3,7-8H2,1-2H3,(H,15,17)(H,18,19). The van der Waals surface area contributed by atoms with Crippen molar-refractivity contribution in [2.75, 3.05) is 25.0 Å². The fourth-order valence-corrected chi connectivity index (χ4v) is 1.73. The number of halogens is 1. The quantitative estimate of drug-likeness (QED) is 0.838. The molecule has 0 unspecified atom stereocenters. The molecule has 104 valence electrons. The van der Waals surface area contributed by atoms with Crippen LogP contribution in [0.25, 0.3) is 0 Å². The van der Waals surface area contributed by atoms with E-state index in [0.29, 0.717) is 17.3 Å². The Balaban J connectivity index is 2.58. The number of benzene rings is 1. The summed E-state index contributed by atoms with van der Waals surface area (Å²) in [7, 11) is 0. The van der Waals surface area contributed by atoms with Gasteiger partial charge in [-0.15, -0.1) is 0 Å². The molecular weight excluding hydrogens is 268 g/mol. The summed E-state index contributed by atoms with van der Waals surface area (Å²) < 4.78 is 0. The number of carbonyl (C=O) groups is 2. The summed E-state index contributed by atoms with van der Waals surface area (Å²) in [6.07, 6.45) is 0. The second-order valence-electron chi connectivity index (χ2n) is 4.21. The lowest BCUT2D eigenvalue weighted by molar-refractivity contribution is -0.138. The number of likely N-dealkylation sites (N-methyl/N-ethyl adjacent to an activating group) is 1. The maximum atomic E-state index is 11.8. The molecular formula is C13H17ClN2O3. The summed E-state index contributed by atoms with van der Waals surface area (Å²) in [4.78, 5) is 23.9. The second-order valence-corrected chi connectivity index (χ2v) is 4.62. The molecule has 1 aromatic rings. The third-order valence-electron chi connectivity index (χ3n) is 2.63. The van der Waals surface area contributed by atoms with Crippen LogP contribution in [-0.2, 0) is 9.59 Å². The van der Waals surface area contributed by atoms with E-state index in [9.17, 15) is 9.59 Å². The largest absolute Gasteiger partial charge is 0.480 e. The third-order valence-corrected chi connectivity index (χ3v) is 3.04. The molecule has 5 nitrogen and oxygen atoms in total. The second kappa shape index (κ2) is 7.11. The number of aliphatic carboxylic acids is 1. The molecule has 0 saturated carbocycles. The molecule has 0 aliphatic heterocycles. The molecule has 0 fully saturated rings. The van der Waals surface area contributed by atoms with Gasteiger partial charge < -0.3 is 10.4 Å². The van der Waals surface area contributed by atoms with Gasteiger partial charge in [0.05, 0.1) is 13.1 Å². The number of carbonyl (C=O) groups excluding carboxylic acids is 1. The zero-order chi connectivity index (χ0) is 14.4. The fourth-order valence-electron chi connectivity index (χ4n) is 1.55. The number of nitrogens with zero attached hydrogens (tertiary/aromatic N) is 1. The molecule has 0 heterocycles. The van der Waals surface area contributed by atoms with E-state index in [4.69, 9.17) is 16.7 Å². The minimum Gasteiger partial charge on any atom is -0.480 e. The number of carboxylic acid groups (broad SMARTS) is 1. The molecule has 0 saturated heterocycles. The van der Waals surface area contributed by atoms with Crippen LogP contribution in [0.2, 0.25) is 5.02 Å². The summed E-state index contributed by atoms with van der Waals surface area (Å²) in [5, 5.41) is 12.0. The van der Waals surface area contributed by atoms with E-state index >= 15 is 0 Å². The summed E-state index contributed by atoms with van der Waals surface area (Å²) in [6.45, 7) is 4.06. The van der Waals surface area contributed by atoms with Gasteiger partial charge in [-0.2, -0.15) is 0 Å². The number of hydrogen-bond donors (Lipinski definition) is 2. The highest BCUT2D eigenvalue weighted by atomic mass is 35.5. The van der Waals surface area contributed by atoms with Gasteiger partial charge in [0.25, 0.3) is 0 Å². The lowest BCUT2D eigenvalue weighted by atomic mass is 10.2. The lowest BCUT2D eigenvalue weighted by Crippen LogP contribution is -2.36. The molecule has 0 radical (unpaired) electrons. The zero-order valence-corrected chi connectivity index (χ0v) is 11.7. The van der Waals surface area contributed by atoms with Crippen molar-refractivity contribution in [1.82, 2.24) is 4.90 Å². The highest BCUT2D eigenvalue weighted by Crippen LogP contribution is 2.19. The normalized spacial score (nSPS) is 10.5. The number of nitrogens with one attached hydrogen (secondary N) is 1. The van der Waals surface area contributed by atoms with Gasteiger partial charge in [-0.1, -0.05) is 24.6 Å². The van der Waals surface area contributed by atoms with Gasteiger partial charge in [0.15, 0.2) is 0 Å². The van der Waals surface area contributed by atoms with Gasteiger partial charge in [-0.25, -0.2) is 0 Å². The number of anilines is 1. The van der Waals surface area contributed by atoms with Crippen LogP contribution in [0.3, 0.4) is 0 Å². The Morgan fingerprint density at radius 3 is 2.58 bits per heavy atom. The van der Waals surface area contributed by atoms with Crippen molar-refractivity contribution in [3.05, 3.63) is 28.8 Å². The van der Waals surface area contributed by atoms with Crippen molar-refractivity contribution in [2.45, 2.75) is 13.8 Å². The molecule has 1 aromatic carbocycles. The number of hydrogen-bond acceptors (Lipinski definition) is 3. The van der Waals surface area contributed by atoms with Gasteiger partial charge in [-0.05, 0) is 31.2 Å². The lowest BCUT2D eigenvalue weighted by Gasteiger charge is -2.17. The van der Waals surface area contributed by atoms with Crippen LogP contribution in [0, 0.1) is 6.92 Å². The highest BCUT2D eigenvalue weighted by molar-refractivity contribution is 6.31. The Kier molecular flexibility index (Phi) is 5.79. The monoisotopic (exact) mass is 284 g/mol. The van der Waals surface area contributed by atoms with Crippen molar-refractivity contribution in [3.63, 3.8) is 0 Å². The number of rotatable bonds is 6. The first-order chi connectivity index (χ1) is 8.92. The first-order valence-corrected chi connectivity index (χ1v) is 6.30. The molecule has 0 aromatic heterocycles. The minimum absolute atomic E-state index is 0.0360. The Morgan fingerprint density at radius 2 is 2.05 bits per heavy atom. The van der Waals surface area contributed by atoms with Gasteiger partial charge >= 0.3 is 5.97 Å². The average Bonchev–Trinajstić information content (AvgIpc) is 2.32. The van der Waals surface area contributed by atoms with Crippen LogP contribution < -0.4 is 5.32 Å². The molecule has 2 N–H and O–H groups in total. The van der Waals surface area contributed by atoms with Gasteiger partial charge in [-0.3, -0.25) is 14.5 Å². The maximum Gasteiger partial charge on any atom is 0.317 e. The molecule has 0 aliphatic rings. The number of amides is 1. The smallest absolute Gasteiger partial charge is 0.317 e. The van der Waals surface area contributed by atoms with Crippen molar-refractivity contribution in [2.24, 2.45) is 0 Å². The van der Waals surface area contributed by atoms with E-state index in [2.05, 4.69) is 5.32 Å². The topological polar surface area (TPSA) is 69.6 Å². The van der Waals surface area contributed by atoms with Crippen molar-refractivity contribution >= 4 is 29.2 Å². The highest BCUT2D eigenvalue weighted by Gasteiger charge is 2.12. The Labute approximate surface area is 117 Å². The molecule has 6 heteroatoms. The first-order valence-electron chi connectivity index (χ1n) is 5.92. The van der Waals surface area contributed by atoms with E-state index in [1.807, 2.05) is 13.0 Å². The van der Waals surface area contributed by atoms with Crippen LogP contribution in [0.15, 0.2) is 18.2 Å². The molecule has 0 spiro atoms. The SMILES string of the molecule is CCN(CC(=O)O)CC(=O)Nc1ccc(C)c(Cl)c1. The fraction of sp³-hybridized carbons (Fsp3) is 0.385. The van der Waals surface area contributed by atoms with Crippen molar-refractivity contribution < 1.29 is 14.7 Å². The van der Waals surface area contributed by atoms with E-state index in [0.717, 1.165) is 5.56 Å². The summed E-state index contributed by atoms with van der Waals surface area (Å²) in [5.41, 5.74) is 1.53. The molecule has 1 amide bonds. The molecule has 0 aliphatic carbocycles. The van der Waals surface area contributed by atoms with E-state index in [-0.39, 0.29) is 19.0 Å². The Morgan fingerprint density at radius 1 is 1.37 bits per heavy atom. The average molecular weight is 285 g/mol. The van der Waals surface area contributed by atoms with Crippen molar-refractivity contribution in [1.29, 1.82) is 0 Å². The zero-order valence-electron chi connectivity index (χ0n) is 10.9. The predicted molar refractivity (Wildman–Crippen MR) is 74.6 cm³/mol. The molecule has 19 heavy (non-hydrogen) atoms. The van der Waals surface area contributed by atoms with Crippen LogP contribution in [0.1, 0.15) is 12.5 Å². The maximum absolute atomic E-state index is 11.8. The number of aryl methyl sites for hydroxylation is 1.